The highest BCUT2D eigenvalue weighted by Crippen LogP contribution is 2.21. The van der Waals surface area contributed by atoms with Crippen LogP contribution in [0.3, 0.4) is 0 Å². The molecule has 0 saturated carbocycles. The zero-order valence-electron chi connectivity index (χ0n) is 5.96. The predicted octanol–water partition coefficient (Wildman–Crippen LogP) is 2.19. The molecule has 0 rings (SSSR count). The van der Waals surface area contributed by atoms with Crippen molar-refractivity contribution >= 4 is 17.4 Å². The molecule has 0 aromatic carbocycles. The minimum Gasteiger partial charge on any atom is -0.291 e. The van der Waals surface area contributed by atoms with Gasteiger partial charge in [0.05, 0.1) is 0 Å². The highest BCUT2D eigenvalue weighted by Gasteiger charge is 2.34. The summed E-state index contributed by atoms with van der Waals surface area (Å²) in [6, 6.07) is 0. The second-order valence-electron chi connectivity index (χ2n) is 1.85. The van der Waals surface area contributed by atoms with E-state index in [1.807, 2.05) is 0 Å². The lowest BCUT2D eigenvalue weighted by Crippen LogP contribution is -2.20. The molecule has 0 amide bonds. The van der Waals surface area contributed by atoms with Crippen LogP contribution in [-0.4, -0.2) is 11.2 Å². The Balaban J connectivity index is 3.77. The minimum atomic E-state index is -3.73. The van der Waals surface area contributed by atoms with E-state index in [4.69, 9.17) is 0 Å². The average molecular weight is 181 g/mol. The summed E-state index contributed by atoms with van der Waals surface area (Å²) in [6.07, 6.45) is -0.158. The molecule has 4 heteroatoms. The van der Waals surface area contributed by atoms with Crippen molar-refractivity contribution in [1.82, 2.24) is 0 Å². The van der Waals surface area contributed by atoms with Gasteiger partial charge >= 0.3 is 5.38 Å². The average Bonchev–Trinajstić information content (AvgIpc) is 1.86. The Morgan fingerprint density at radius 2 is 2.18 bits per heavy atom. The first-order chi connectivity index (χ1) is 4.98. The predicted molar refractivity (Wildman–Crippen MR) is 38.5 cm³/mol. The van der Waals surface area contributed by atoms with Gasteiger partial charge in [0.25, 0.3) is 0 Å². The van der Waals surface area contributed by atoms with Crippen LogP contribution in [0.25, 0.3) is 0 Å². The second-order valence-corrected chi connectivity index (χ2v) is 2.32. The quantitative estimate of drug-likeness (QED) is 0.481. The second kappa shape index (κ2) is 4.30. The van der Waals surface area contributed by atoms with Gasteiger partial charge in [-0.15, -0.1) is 11.8 Å². The Kier molecular flexibility index (Phi) is 4.06. The molecule has 0 unspecified atom stereocenters. The maximum Gasteiger partial charge on any atom is 0.380 e. The number of hydrogen-bond donors (Lipinski definition) is 0. The smallest absolute Gasteiger partial charge is 0.291 e. The van der Waals surface area contributed by atoms with Crippen LogP contribution in [0.5, 0.6) is 0 Å². The third-order valence-electron chi connectivity index (χ3n) is 0.970. The number of hydrogen-bond acceptors (Lipinski definition) is 1. The standard InChI is InChI=1S/C7H7ClF2O/c1-2-3-4-5-6(11)7(8,9)10/h4-5H2,1H3. The maximum atomic E-state index is 11.9. The Hall–Kier alpha value is -0.620. The number of carbonyl (C=O) groups excluding carboxylic acids is 1. The van der Waals surface area contributed by atoms with E-state index < -0.39 is 11.2 Å². The topological polar surface area (TPSA) is 17.1 Å². The third kappa shape index (κ3) is 4.74. The van der Waals surface area contributed by atoms with Gasteiger partial charge in [-0.05, 0) is 18.5 Å². The summed E-state index contributed by atoms with van der Waals surface area (Å²) in [5, 5.41) is -3.73. The number of ketones is 1. The molecule has 11 heavy (non-hydrogen) atoms. The minimum absolute atomic E-state index is 0.137. The third-order valence-corrected chi connectivity index (χ3v) is 1.18. The molecule has 0 N–H and O–H groups in total. The summed E-state index contributed by atoms with van der Waals surface area (Å²) in [7, 11) is 0. The van der Waals surface area contributed by atoms with Crippen molar-refractivity contribution in [2.24, 2.45) is 0 Å². The SMILES string of the molecule is CC#CCCC(=O)C(F)(F)Cl. The van der Waals surface area contributed by atoms with Crippen LogP contribution >= 0.6 is 11.6 Å². The van der Waals surface area contributed by atoms with Crippen LogP contribution in [0.15, 0.2) is 0 Å². The molecule has 62 valence electrons. The van der Waals surface area contributed by atoms with E-state index in [0.29, 0.717) is 0 Å². The van der Waals surface area contributed by atoms with Gasteiger partial charge in [-0.2, -0.15) is 8.78 Å². The Morgan fingerprint density at radius 1 is 1.64 bits per heavy atom. The van der Waals surface area contributed by atoms with Crippen molar-refractivity contribution in [3.63, 3.8) is 0 Å². The van der Waals surface area contributed by atoms with Crippen molar-refractivity contribution in [1.29, 1.82) is 0 Å². The monoisotopic (exact) mass is 180 g/mol. The fraction of sp³-hybridized carbons (Fsp3) is 0.571. The van der Waals surface area contributed by atoms with Crippen molar-refractivity contribution in [3.05, 3.63) is 0 Å². The van der Waals surface area contributed by atoms with E-state index in [1.165, 1.54) is 0 Å². The summed E-state index contributed by atoms with van der Waals surface area (Å²) in [6.45, 7) is 1.57. The fourth-order valence-corrected chi connectivity index (χ4v) is 0.537. The van der Waals surface area contributed by atoms with Gasteiger partial charge in [-0.3, -0.25) is 4.79 Å². The Bertz CT molecular complexity index is 197. The molecule has 0 aromatic heterocycles. The van der Waals surface area contributed by atoms with Crippen LogP contribution in [0.2, 0.25) is 0 Å². The molecule has 0 heterocycles. The molecule has 1 nitrogen and oxygen atoms in total. The first-order valence-corrected chi connectivity index (χ1v) is 3.36. The van der Waals surface area contributed by atoms with Gasteiger partial charge in [-0.25, -0.2) is 0 Å². The van der Waals surface area contributed by atoms with Gasteiger partial charge in [0, 0.05) is 12.8 Å². The highest BCUT2D eigenvalue weighted by atomic mass is 35.5. The molecule has 0 bridgehead atoms. The van der Waals surface area contributed by atoms with Crippen molar-refractivity contribution in [3.8, 4) is 11.8 Å². The van der Waals surface area contributed by atoms with Gasteiger partial charge in [-0.1, -0.05) is 0 Å². The van der Waals surface area contributed by atoms with E-state index in [0.717, 1.165) is 0 Å². The normalized spacial score (nSPS) is 10.2. The molecule has 0 aliphatic carbocycles. The summed E-state index contributed by atoms with van der Waals surface area (Å²) >= 11 is 4.43. The molecule has 0 aliphatic rings. The van der Waals surface area contributed by atoms with E-state index >= 15 is 0 Å². The van der Waals surface area contributed by atoms with E-state index in [2.05, 4.69) is 23.4 Å². The van der Waals surface area contributed by atoms with Crippen LogP contribution in [0, 0.1) is 11.8 Å². The lowest BCUT2D eigenvalue weighted by atomic mass is 10.2. The molecule has 0 aromatic rings. The molecular formula is C7H7ClF2O. The van der Waals surface area contributed by atoms with Crippen LogP contribution < -0.4 is 0 Å². The largest absolute Gasteiger partial charge is 0.380 e. The lowest BCUT2D eigenvalue weighted by molar-refractivity contribution is -0.133. The number of rotatable bonds is 3. The summed E-state index contributed by atoms with van der Waals surface area (Å²) in [5.74, 6) is 3.70. The molecule has 0 atom stereocenters. The van der Waals surface area contributed by atoms with Crippen molar-refractivity contribution in [2.75, 3.05) is 0 Å². The Morgan fingerprint density at radius 3 is 2.55 bits per heavy atom. The Labute approximate surface area is 68.7 Å². The molecular weight excluding hydrogens is 174 g/mol. The van der Waals surface area contributed by atoms with Crippen LogP contribution in [0.1, 0.15) is 19.8 Å². The highest BCUT2D eigenvalue weighted by molar-refractivity contribution is 6.32. The zero-order chi connectivity index (χ0) is 8.91. The number of Topliss-reactive ketones (excluding diaryl/α,β-unsaturated/α-hetero) is 1. The first-order valence-electron chi connectivity index (χ1n) is 2.98. The molecule has 0 saturated heterocycles. The zero-order valence-corrected chi connectivity index (χ0v) is 6.71. The fourth-order valence-electron chi connectivity index (χ4n) is 0.443. The van der Waals surface area contributed by atoms with E-state index in [1.54, 1.807) is 6.92 Å². The number of halogens is 3. The van der Waals surface area contributed by atoms with E-state index in [-0.39, 0.29) is 12.8 Å². The van der Waals surface area contributed by atoms with Gasteiger partial charge in [0.1, 0.15) is 0 Å². The summed E-state index contributed by atoms with van der Waals surface area (Å²) in [4.78, 5) is 10.4. The van der Waals surface area contributed by atoms with Gasteiger partial charge < -0.3 is 0 Å². The van der Waals surface area contributed by atoms with Crippen molar-refractivity contribution in [2.45, 2.75) is 25.1 Å². The molecule has 0 spiro atoms. The first kappa shape index (κ1) is 10.4. The summed E-state index contributed by atoms with van der Waals surface area (Å²) in [5.41, 5.74) is 0. The number of carbonyl (C=O) groups is 1. The molecule has 0 aliphatic heterocycles. The van der Waals surface area contributed by atoms with Crippen LogP contribution in [-0.2, 0) is 4.79 Å². The lowest BCUT2D eigenvalue weighted by Gasteiger charge is -2.02. The number of alkyl halides is 3. The molecule has 0 radical (unpaired) electrons. The maximum absolute atomic E-state index is 11.9. The molecule has 0 fully saturated rings. The van der Waals surface area contributed by atoms with E-state index in [9.17, 15) is 13.6 Å². The van der Waals surface area contributed by atoms with Crippen molar-refractivity contribution < 1.29 is 13.6 Å². The van der Waals surface area contributed by atoms with Gasteiger partial charge in [0.15, 0.2) is 0 Å². The van der Waals surface area contributed by atoms with Crippen LogP contribution in [0.4, 0.5) is 8.78 Å². The summed E-state index contributed by atoms with van der Waals surface area (Å²) < 4.78 is 23.8. The van der Waals surface area contributed by atoms with Gasteiger partial charge in [0.2, 0.25) is 5.78 Å².